The van der Waals surface area contributed by atoms with E-state index in [1.54, 1.807) is 6.07 Å². The molecule has 158 valence electrons. The number of aromatic nitrogens is 3. The number of nitrogens with zero attached hydrogens (tertiary/aromatic N) is 4. The van der Waals surface area contributed by atoms with Crippen molar-refractivity contribution >= 4 is 40.8 Å². The smallest absolute Gasteiger partial charge is 0.289 e. The van der Waals surface area contributed by atoms with E-state index in [4.69, 9.17) is 27.9 Å². The summed E-state index contributed by atoms with van der Waals surface area (Å²) in [5, 5.41) is 2.96. The number of likely N-dealkylation sites (N-methyl/N-ethyl adjacent to an activating group) is 1. The number of pyridine rings is 1. The van der Waals surface area contributed by atoms with E-state index < -0.39 is 23.7 Å². The van der Waals surface area contributed by atoms with Crippen LogP contribution in [0.25, 0.3) is 11.3 Å². The molecule has 1 atom stereocenters. The molecule has 0 radical (unpaired) electrons. The van der Waals surface area contributed by atoms with Gasteiger partial charge in [0.2, 0.25) is 5.82 Å². The molecule has 1 N–H and O–H groups in total. The molecule has 0 unspecified atom stereocenters. The van der Waals surface area contributed by atoms with Crippen LogP contribution in [0.4, 0.5) is 10.2 Å². The molecular formula is C20H14Cl2FN5O3. The Bertz CT molecular complexity index is 1190. The minimum atomic E-state index is -1.04. The predicted molar refractivity (Wildman–Crippen MR) is 112 cm³/mol. The normalized spacial score (nSPS) is 15.7. The molecule has 1 aliphatic rings. The van der Waals surface area contributed by atoms with Crippen LogP contribution < -0.4 is 15.0 Å². The molecule has 3 heterocycles. The number of rotatable bonds is 3. The molecule has 0 spiro atoms. The minimum absolute atomic E-state index is 0.0618. The van der Waals surface area contributed by atoms with Crippen LogP contribution in [0.3, 0.4) is 0 Å². The number of amides is 2. The number of anilines is 1. The third-order valence-corrected chi connectivity index (χ3v) is 5.02. The van der Waals surface area contributed by atoms with Crippen molar-refractivity contribution in [2.45, 2.75) is 6.04 Å². The molecule has 0 bridgehead atoms. The molecule has 2 aromatic heterocycles. The summed E-state index contributed by atoms with van der Waals surface area (Å²) in [6, 6.07) is 6.37. The van der Waals surface area contributed by atoms with Crippen LogP contribution in [0.2, 0.25) is 10.0 Å². The van der Waals surface area contributed by atoms with Crippen molar-refractivity contribution < 1.29 is 18.7 Å². The first kappa shape index (κ1) is 21.0. The average Bonchev–Trinajstić information content (AvgIpc) is 2.86. The van der Waals surface area contributed by atoms with Gasteiger partial charge in [0.05, 0.1) is 21.9 Å². The zero-order valence-corrected chi connectivity index (χ0v) is 17.5. The fourth-order valence-electron chi connectivity index (χ4n) is 3.00. The van der Waals surface area contributed by atoms with Crippen LogP contribution in [0.1, 0.15) is 10.6 Å². The number of halogens is 3. The van der Waals surface area contributed by atoms with Gasteiger partial charge in [-0.1, -0.05) is 35.3 Å². The van der Waals surface area contributed by atoms with Gasteiger partial charge in [0.25, 0.3) is 11.8 Å². The quantitative estimate of drug-likeness (QED) is 0.643. The maximum absolute atomic E-state index is 14.2. The monoisotopic (exact) mass is 461 g/mol. The topological polar surface area (TPSA) is 97.3 Å². The summed E-state index contributed by atoms with van der Waals surface area (Å²) in [5.41, 5.74) is 0.183. The van der Waals surface area contributed by atoms with Gasteiger partial charge in [-0.05, 0) is 12.1 Å². The standard InChI is InChI=1S/C20H14Cl2FN5O3/c1-28-18-15(6-10(21)7-25-18)31-9-14(20(28)30)26-19(29)17-24-8-12(22)16(27-17)11-4-2-3-5-13(11)23/h2-8,14H,9H2,1H3,(H,26,29)/t14-/m0/s1. The number of benzene rings is 1. The van der Waals surface area contributed by atoms with Crippen molar-refractivity contribution in [2.24, 2.45) is 0 Å². The third kappa shape index (κ3) is 4.14. The largest absolute Gasteiger partial charge is 0.487 e. The van der Waals surface area contributed by atoms with Gasteiger partial charge in [0.1, 0.15) is 18.5 Å². The third-order valence-electron chi connectivity index (χ3n) is 4.53. The molecule has 0 fully saturated rings. The molecule has 0 saturated heterocycles. The van der Waals surface area contributed by atoms with Gasteiger partial charge in [0.15, 0.2) is 11.6 Å². The second-order valence-corrected chi connectivity index (χ2v) is 7.42. The molecule has 2 amide bonds. The Morgan fingerprint density at radius 1 is 1.26 bits per heavy atom. The molecule has 4 rings (SSSR count). The predicted octanol–water partition coefficient (Wildman–Crippen LogP) is 3.14. The van der Waals surface area contributed by atoms with E-state index in [1.807, 2.05) is 0 Å². The maximum atomic E-state index is 14.2. The second kappa shape index (κ2) is 8.44. The second-order valence-electron chi connectivity index (χ2n) is 6.58. The molecule has 8 nitrogen and oxygen atoms in total. The van der Waals surface area contributed by atoms with E-state index in [0.717, 1.165) is 0 Å². The molecule has 0 saturated carbocycles. The highest BCUT2D eigenvalue weighted by Gasteiger charge is 2.32. The summed E-state index contributed by atoms with van der Waals surface area (Å²) in [7, 11) is 1.50. The van der Waals surface area contributed by atoms with Gasteiger partial charge in [0, 0.05) is 24.9 Å². The van der Waals surface area contributed by atoms with Crippen LogP contribution in [-0.2, 0) is 4.79 Å². The highest BCUT2D eigenvalue weighted by molar-refractivity contribution is 6.33. The SMILES string of the molecule is CN1C(=O)[C@@H](NC(=O)c2ncc(Cl)c(-c3ccccc3F)n2)COc2cc(Cl)cnc21. The van der Waals surface area contributed by atoms with E-state index in [1.165, 1.54) is 48.6 Å². The Hall–Kier alpha value is -3.30. The first-order valence-electron chi connectivity index (χ1n) is 8.99. The fraction of sp³-hybridized carbons (Fsp3) is 0.150. The zero-order valence-electron chi connectivity index (χ0n) is 16.0. The number of hydrogen-bond donors (Lipinski definition) is 1. The molecule has 11 heteroatoms. The maximum Gasteiger partial charge on any atom is 0.289 e. The lowest BCUT2D eigenvalue weighted by Crippen LogP contribution is -2.49. The lowest BCUT2D eigenvalue weighted by Gasteiger charge is -2.19. The first-order chi connectivity index (χ1) is 14.8. The zero-order chi connectivity index (χ0) is 22.1. The van der Waals surface area contributed by atoms with Crippen molar-refractivity contribution in [3.05, 3.63) is 64.4 Å². The lowest BCUT2D eigenvalue weighted by atomic mass is 10.1. The van der Waals surface area contributed by atoms with Crippen molar-refractivity contribution in [1.29, 1.82) is 0 Å². The summed E-state index contributed by atoms with van der Waals surface area (Å²) in [6.07, 6.45) is 2.59. The van der Waals surface area contributed by atoms with Crippen LogP contribution in [-0.4, -0.2) is 46.5 Å². The van der Waals surface area contributed by atoms with Crippen LogP contribution in [0, 0.1) is 5.82 Å². The van der Waals surface area contributed by atoms with Crippen molar-refractivity contribution in [2.75, 3.05) is 18.6 Å². The van der Waals surface area contributed by atoms with Crippen molar-refractivity contribution in [3.8, 4) is 17.0 Å². The Kier molecular flexibility index (Phi) is 5.71. The summed E-state index contributed by atoms with van der Waals surface area (Å²) >= 11 is 12.0. The van der Waals surface area contributed by atoms with E-state index in [0.29, 0.717) is 10.8 Å². The highest BCUT2D eigenvalue weighted by atomic mass is 35.5. The van der Waals surface area contributed by atoms with Gasteiger partial charge in [-0.25, -0.2) is 19.3 Å². The Labute approximate surface area is 186 Å². The van der Waals surface area contributed by atoms with Gasteiger partial charge in [-0.3, -0.25) is 14.5 Å². The van der Waals surface area contributed by atoms with E-state index in [2.05, 4.69) is 20.3 Å². The molecule has 3 aromatic rings. The molecule has 1 aliphatic heterocycles. The molecular weight excluding hydrogens is 448 g/mol. The van der Waals surface area contributed by atoms with Gasteiger partial charge in [-0.15, -0.1) is 0 Å². The van der Waals surface area contributed by atoms with Crippen LogP contribution in [0.5, 0.6) is 5.75 Å². The van der Waals surface area contributed by atoms with E-state index in [9.17, 15) is 14.0 Å². The van der Waals surface area contributed by atoms with E-state index in [-0.39, 0.29) is 34.5 Å². The number of nitrogens with one attached hydrogen (secondary N) is 1. The summed E-state index contributed by atoms with van der Waals surface area (Å²) in [4.78, 5) is 38.9. The van der Waals surface area contributed by atoms with Crippen molar-refractivity contribution in [3.63, 3.8) is 0 Å². The van der Waals surface area contributed by atoms with Gasteiger partial charge < -0.3 is 10.1 Å². The number of ether oxygens (including phenoxy) is 1. The lowest BCUT2D eigenvalue weighted by molar-refractivity contribution is -0.120. The van der Waals surface area contributed by atoms with Crippen LogP contribution in [0.15, 0.2) is 42.7 Å². The summed E-state index contributed by atoms with van der Waals surface area (Å²) < 4.78 is 19.8. The Balaban J connectivity index is 1.58. The molecule has 0 aliphatic carbocycles. The minimum Gasteiger partial charge on any atom is -0.487 e. The highest BCUT2D eigenvalue weighted by Crippen LogP contribution is 2.31. The van der Waals surface area contributed by atoms with Gasteiger partial charge in [-0.2, -0.15) is 0 Å². The van der Waals surface area contributed by atoms with E-state index >= 15 is 0 Å². The molecule has 1 aromatic carbocycles. The summed E-state index contributed by atoms with van der Waals surface area (Å²) in [6.45, 7) is -0.155. The van der Waals surface area contributed by atoms with Crippen LogP contribution >= 0.6 is 23.2 Å². The van der Waals surface area contributed by atoms with Gasteiger partial charge >= 0.3 is 0 Å². The average molecular weight is 462 g/mol. The van der Waals surface area contributed by atoms with Crippen molar-refractivity contribution in [1.82, 2.24) is 20.3 Å². The number of carbonyl (C=O) groups excluding carboxylic acids is 2. The number of fused-ring (bicyclic) bond motifs is 1. The Morgan fingerprint density at radius 2 is 2.03 bits per heavy atom. The number of carbonyl (C=O) groups is 2. The Morgan fingerprint density at radius 3 is 2.81 bits per heavy atom. The summed E-state index contributed by atoms with van der Waals surface area (Å²) in [5.74, 6) is -1.44. The fourth-order valence-corrected chi connectivity index (χ4v) is 3.34. The first-order valence-corrected chi connectivity index (χ1v) is 9.75. The molecule has 31 heavy (non-hydrogen) atoms. The number of hydrogen-bond acceptors (Lipinski definition) is 6.